The van der Waals surface area contributed by atoms with Gasteiger partial charge in [0, 0.05) is 6.61 Å². The Morgan fingerprint density at radius 2 is 1.19 bits per heavy atom. The summed E-state index contributed by atoms with van der Waals surface area (Å²) in [6.07, 6.45) is 3.83. The molecule has 0 bridgehead atoms. The van der Waals surface area contributed by atoms with E-state index in [0.29, 0.717) is 46.2 Å². The van der Waals surface area contributed by atoms with Crippen molar-refractivity contribution in [3.8, 4) is 0 Å². The molecule has 6 nitrogen and oxygen atoms in total. The summed E-state index contributed by atoms with van der Waals surface area (Å²) in [5.74, 6) is -0.263. The molecule has 0 N–H and O–H groups in total. The van der Waals surface area contributed by atoms with Gasteiger partial charge in [-0.1, -0.05) is 19.8 Å². The van der Waals surface area contributed by atoms with Gasteiger partial charge in [-0.25, -0.2) is 0 Å². The predicted octanol–water partition coefficient (Wildman–Crippen LogP) is 1.81. The normalized spacial score (nSPS) is 10.8. The SMILES string of the molecule is CCCCCOCCOCCOCCOCCC(=O)OC. The van der Waals surface area contributed by atoms with Gasteiger partial charge in [-0.2, -0.15) is 0 Å². The standard InChI is InChI=1S/C15H30O6/c1-3-4-5-7-18-9-11-20-13-14-21-12-10-19-8-6-15(16)17-2/h3-14H2,1-2H3. The average Bonchev–Trinajstić information content (AvgIpc) is 2.50. The summed E-state index contributed by atoms with van der Waals surface area (Å²) in [7, 11) is 1.36. The Hall–Kier alpha value is -0.690. The van der Waals surface area contributed by atoms with Gasteiger partial charge in [-0.3, -0.25) is 4.79 Å². The van der Waals surface area contributed by atoms with Crippen molar-refractivity contribution in [2.75, 3.05) is 60.0 Å². The largest absolute Gasteiger partial charge is 0.469 e. The van der Waals surface area contributed by atoms with Crippen LogP contribution in [0.2, 0.25) is 0 Å². The Morgan fingerprint density at radius 3 is 1.67 bits per heavy atom. The maximum Gasteiger partial charge on any atom is 0.307 e. The number of ether oxygens (including phenoxy) is 5. The lowest BCUT2D eigenvalue weighted by Crippen LogP contribution is -2.13. The number of carbonyl (C=O) groups excluding carboxylic acids is 1. The van der Waals surface area contributed by atoms with Crippen molar-refractivity contribution in [3.63, 3.8) is 0 Å². The highest BCUT2D eigenvalue weighted by Gasteiger charge is 1.99. The Balaban J connectivity index is 2.98. The van der Waals surface area contributed by atoms with Crippen LogP contribution in [0.25, 0.3) is 0 Å². The molecular weight excluding hydrogens is 276 g/mol. The molecule has 0 aromatic carbocycles. The minimum absolute atomic E-state index is 0.263. The van der Waals surface area contributed by atoms with E-state index in [-0.39, 0.29) is 12.4 Å². The number of rotatable bonds is 16. The Labute approximate surface area is 128 Å². The highest BCUT2D eigenvalue weighted by molar-refractivity contribution is 5.69. The van der Waals surface area contributed by atoms with Crippen molar-refractivity contribution >= 4 is 5.97 Å². The van der Waals surface area contributed by atoms with Crippen LogP contribution in [0.5, 0.6) is 0 Å². The summed E-state index contributed by atoms with van der Waals surface area (Å²) in [5.41, 5.74) is 0. The van der Waals surface area contributed by atoms with Crippen LogP contribution < -0.4 is 0 Å². The average molecular weight is 306 g/mol. The van der Waals surface area contributed by atoms with Crippen LogP contribution in [0.3, 0.4) is 0 Å². The first-order valence-electron chi connectivity index (χ1n) is 7.69. The van der Waals surface area contributed by atoms with Crippen LogP contribution in [0.15, 0.2) is 0 Å². The molecule has 0 aliphatic carbocycles. The fourth-order valence-electron chi connectivity index (χ4n) is 1.47. The highest BCUT2D eigenvalue weighted by Crippen LogP contribution is 1.93. The van der Waals surface area contributed by atoms with Gasteiger partial charge in [0.2, 0.25) is 0 Å². The van der Waals surface area contributed by atoms with E-state index in [2.05, 4.69) is 11.7 Å². The van der Waals surface area contributed by atoms with Gasteiger partial charge in [0.1, 0.15) is 0 Å². The molecule has 0 radical (unpaired) electrons. The van der Waals surface area contributed by atoms with E-state index in [0.717, 1.165) is 13.0 Å². The summed E-state index contributed by atoms with van der Waals surface area (Å²) >= 11 is 0. The van der Waals surface area contributed by atoms with Gasteiger partial charge in [0.05, 0.1) is 59.8 Å². The lowest BCUT2D eigenvalue weighted by Gasteiger charge is -2.07. The van der Waals surface area contributed by atoms with Gasteiger partial charge < -0.3 is 23.7 Å². The van der Waals surface area contributed by atoms with Crippen LogP contribution in [-0.4, -0.2) is 65.9 Å². The summed E-state index contributed by atoms with van der Waals surface area (Å²) < 4.78 is 25.8. The maximum atomic E-state index is 10.8. The Kier molecular flexibility index (Phi) is 16.8. The zero-order valence-corrected chi connectivity index (χ0v) is 13.4. The number of esters is 1. The van der Waals surface area contributed by atoms with Crippen molar-refractivity contribution in [1.29, 1.82) is 0 Å². The molecule has 0 spiro atoms. The topological polar surface area (TPSA) is 63.2 Å². The summed E-state index contributed by atoms with van der Waals surface area (Å²) in [5, 5.41) is 0. The van der Waals surface area contributed by atoms with Gasteiger partial charge in [-0.05, 0) is 6.42 Å². The van der Waals surface area contributed by atoms with Crippen LogP contribution >= 0.6 is 0 Å². The second-order valence-corrected chi connectivity index (χ2v) is 4.48. The first-order valence-corrected chi connectivity index (χ1v) is 7.69. The number of hydrogen-bond acceptors (Lipinski definition) is 6. The lowest BCUT2D eigenvalue weighted by molar-refractivity contribution is -0.141. The molecule has 126 valence electrons. The van der Waals surface area contributed by atoms with Crippen molar-refractivity contribution in [1.82, 2.24) is 0 Å². The van der Waals surface area contributed by atoms with Crippen LogP contribution in [0.4, 0.5) is 0 Å². The quantitative estimate of drug-likeness (QED) is 0.320. The molecule has 0 fully saturated rings. The van der Waals surface area contributed by atoms with Gasteiger partial charge in [0.25, 0.3) is 0 Å². The van der Waals surface area contributed by atoms with Crippen LogP contribution in [0, 0.1) is 0 Å². The molecule has 0 aliphatic rings. The molecule has 0 amide bonds. The van der Waals surface area contributed by atoms with E-state index >= 15 is 0 Å². The van der Waals surface area contributed by atoms with Crippen molar-refractivity contribution in [2.24, 2.45) is 0 Å². The molecule has 0 saturated carbocycles. The second kappa shape index (κ2) is 17.4. The zero-order chi connectivity index (χ0) is 15.6. The molecule has 0 aromatic rings. The predicted molar refractivity (Wildman–Crippen MR) is 79.4 cm³/mol. The van der Waals surface area contributed by atoms with E-state index < -0.39 is 0 Å². The number of hydrogen-bond donors (Lipinski definition) is 0. The molecule has 21 heavy (non-hydrogen) atoms. The molecule has 0 saturated heterocycles. The van der Waals surface area contributed by atoms with Crippen LogP contribution in [-0.2, 0) is 28.5 Å². The molecule has 6 heteroatoms. The molecule has 0 atom stereocenters. The molecular formula is C15H30O6. The molecule has 0 unspecified atom stereocenters. The minimum Gasteiger partial charge on any atom is -0.469 e. The Bertz CT molecular complexity index is 222. The van der Waals surface area contributed by atoms with E-state index in [9.17, 15) is 4.79 Å². The monoisotopic (exact) mass is 306 g/mol. The molecule has 0 heterocycles. The van der Waals surface area contributed by atoms with Crippen molar-refractivity contribution < 1.29 is 28.5 Å². The molecule has 0 aliphatic heterocycles. The fourth-order valence-corrected chi connectivity index (χ4v) is 1.47. The van der Waals surface area contributed by atoms with Gasteiger partial charge >= 0.3 is 5.97 Å². The van der Waals surface area contributed by atoms with Crippen molar-refractivity contribution in [3.05, 3.63) is 0 Å². The second-order valence-electron chi connectivity index (χ2n) is 4.48. The van der Waals surface area contributed by atoms with E-state index in [4.69, 9.17) is 18.9 Å². The third-order valence-electron chi connectivity index (χ3n) is 2.69. The van der Waals surface area contributed by atoms with E-state index in [1.165, 1.54) is 20.0 Å². The fraction of sp³-hybridized carbons (Fsp3) is 0.933. The minimum atomic E-state index is -0.263. The van der Waals surface area contributed by atoms with Crippen LogP contribution in [0.1, 0.15) is 32.6 Å². The summed E-state index contributed by atoms with van der Waals surface area (Å²) in [6, 6.07) is 0. The smallest absolute Gasteiger partial charge is 0.307 e. The number of methoxy groups -OCH3 is 1. The Morgan fingerprint density at radius 1 is 0.714 bits per heavy atom. The first-order chi connectivity index (χ1) is 10.3. The molecule has 0 rings (SSSR count). The number of unbranched alkanes of at least 4 members (excludes halogenated alkanes) is 2. The third kappa shape index (κ3) is 17.3. The van der Waals surface area contributed by atoms with Gasteiger partial charge in [-0.15, -0.1) is 0 Å². The number of carbonyl (C=O) groups is 1. The summed E-state index contributed by atoms with van der Waals surface area (Å²) in [6.45, 7) is 6.66. The third-order valence-corrected chi connectivity index (χ3v) is 2.69. The maximum absolute atomic E-state index is 10.8. The van der Waals surface area contributed by atoms with E-state index in [1.54, 1.807) is 0 Å². The molecule has 0 aromatic heterocycles. The summed E-state index contributed by atoms with van der Waals surface area (Å²) in [4.78, 5) is 10.8. The first kappa shape index (κ1) is 20.3. The zero-order valence-electron chi connectivity index (χ0n) is 13.4. The van der Waals surface area contributed by atoms with Gasteiger partial charge in [0.15, 0.2) is 0 Å². The van der Waals surface area contributed by atoms with E-state index in [1.807, 2.05) is 0 Å². The van der Waals surface area contributed by atoms with Crippen molar-refractivity contribution in [2.45, 2.75) is 32.6 Å². The lowest BCUT2D eigenvalue weighted by atomic mass is 10.3. The highest BCUT2D eigenvalue weighted by atomic mass is 16.6.